The van der Waals surface area contributed by atoms with Crippen LogP contribution in [-0.4, -0.2) is 0 Å². The summed E-state index contributed by atoms with van der Waals surface area (Å²) in [7, 11) is 9.87. The molecule has 0 bridgehead atoms. The van der Waals surface area contributed by atoms with Crippen LogP contribution >= 0.6 is 17.0 Å². The van der Waals surface area contributed by atoms with Crippen molar-refractivity contribution in [3.05, 3.63) is 35.1 Å². The van der Waals surface area contributed by atoms with Gasteiger partial charge in [0.2, 0.25) is 0 Å². The molecule has 0 aromatic rings. The van der Waals surface area contributed by atoms with E-state index < -0.39 is 20.8 Å². The van der Waals surface area contributed by atoms with Gasteiger partial charge >= 0.3 is 37.9 Å². The molecule has 5 atom stereocenters. The Labute approximate surface area is 177 Å². The van der Waals surface area contributed by atoms with Crippen LogP contribution in [0.4, 0.5) is 0 Å². The number of allylic oxidation sites excluding steroid dienone is 4. The van der Waals surface area contributed by atoms with Crippen molar-refractivity contribution in [2.45, 2.75) is 76.2 Å². The first kappa shape index (κ1) is 28.2. The van der Waals surface area contributed by atoms with E-state index in [1.807, 2.05) is 0 Å². The summed E-state index contributed by atoms with van der Waals surface area (Å²) in [5.41, 5.74) is 6.43. The Morgan fingerprint density at radius 3 is 1.04 bits per heavy atom. The van der Waals surface area contributed by atoms with Crippen molar-refractivity contribution in [3.63, 3.8) is 0 Å². The normalized spacial score (nSPS) is 31.4. The van der Waals surface area contributed by atoms with Gasteiger partial charge in [-0.15, -0.1) is 23.0 Å². The van der Waals surface area contributed by atoms with Crippen LogP contribution in [0, 0.1) is 42.4 Å². The minimum absolute atomic E-state index is 0.731. The molecule has 0 amide bonds. The molecule has 0 radical (unpaired) electrons. The van der Waals surface area contributed by atoms with Gasteiger partial charge in [-0.3, -0.25) is 0 Å². The first-order valence-corrected chi connectivity index (χ1v) is 15.7. The van der Waals surface area contributed by atoms with Crippen LogP contribution in [0.2, 0.25) is 0 Å². The molecule has 146 valence electrons. The van der Waals surface area contributed by atoms with E-state index in [2.05, 4.69) is 76.2 Å². The monoisotopic (exact) mass is 464 g/mol. The van der Waals surface area contributed by atoms with E-state index in [-0.39, 0.29) is 0 Å². The minimum atomic E-state index is -0.826. The van der Waals surface area contributed by atoms with Crippen LogP contribution in [0.15, 0.2) is 22.3 Å². The van der Waals surface area contributed by atoms with Crippen molar-refractivity contribution in [1.29, 1.82) is 0 Å². The summed E-state index contributed by atoms with van der Waals surface area (Å²) in [6.07, 6.45) is 0. The molecule has 3 heteroatoms. The molecule has 25 heavy (non-hydrogen) atoms. The van der Waals surface area contributed by atoms with Crippen LogP contribution in [0.3, 0.4) is 0 Å². The van der Waals surface area contributed by atoms with Crippen molar-refractivity contribution < 1.29 is 20.8 Å². The maximum absolute atomic E-state index is 4.93. The first-order chi connectivity index (χ1) is 11.5. The fourth-order valence-electron chi connectivity index (χ4n) is 3.68. The van der Waals surface area contributed by atoms with Crippen LogP contribution in [0.25, 0.3) is 0 Å². The number of rotatable bonds is 0. The van der Waals surface area contributed by atoms with Gasteiger partial charge in [0.25, 0.3) is 0 Å². The Morgan fingerprint density at radius 2 is 0.960 bits per heavy atom. The van der Waals surface area contributed by atoms with E-state index in [0.29, 0.717) is 0 Å². The summed E-state index contributed by atoms with van der Waals surface area (Å²) < 4.78 is 0. The summed E-state index contributed by atoms with van der Waals surface area (Å²) in [6, 6.07) is 0. The third kappa shape index (κ3) is 7.83. The zero-order chi connectivity index (χ0) is 20.5. The Balaban J connectivity index is 0. The molecule has 0 heterocycles. The molecule has 2 rings (SSSR count). The summed E-state index contributed by atoms with van der Waals surface area (Å²) in [4.78, 5) is 0. The van der Waals surface area contributed by atoms with Gasteiger partial charge in [0.05, 0.1) is 0 Å². The van der Waals surface area contributed by atoms with Gasteiger partial charge in [0, 0.05) is 0 Å². The van der Waals surface area contributed by atoms with E-state index in [9.17, 15) is 0 Å². The quantitative estimate of drug-likeness (QED) is 0.247. The molecule has 2 aliphatic carbocycles. The van der Waals surface area contributed by atoms with Gasteiger partial charge in [-0.05, 0) is 45.4 Å². The van der Waals surface area contributed by atoms with E-state index in [1.165, 1.54) is 0 Å². The predicted molar refractivity (Wildman–Crippen MR) is 114 cm³/mol. The molecule has 2 aliphatic rings. The molecule has 0 saturated carbocycles. The van der Waals surface area contributed by atoms with Gasteiger partial charge in [-0.2, -0.15) is 13.8 Å². The Morgan fingerprint density at radius 1 is 0.720 bits per heavy atom. The second kappa shape index (κ2) is 14.0. The van der Waals surface area contributed by atoms with Gasteiger partial charge in [0.1, 0.15) is 0 Å². The molecule has 0 aromatic carbocycles. The molecule has 1 unspecified atom stereocenters. The Hall–Kier alpha value is 0.943. The average Bonchev–Trinajstić information content (AvgIpc) is 2.88. The SMILES string of the molecule is CC1=C(C)[C@H](C)C(C)[C@@H]1C.CC1=C(C)[C@H](C)[C-](C)[C@@H]1C.[CH2-]C.[Cl][Zr+2][Cl]. The first-order valence-electron chi connectivity index (χ1n) is 9.37. The van der Waals surface area contributed by atoms with Crippen molar-refractivity contribution in [1.82, 2.24) is 0 Å². The van der Waals surface area contributed by atoms with E-state index in [0.717, 1.165) is 29.6 Å². The summed E-state index contributed by atoms with van der Waals surface area (Å²) in [6.45, 7) is 28.0. The molecular weight excluding hydrogens is 426 g/mol. The van der Waals surface area contributed by atoms with Crippen LogP contribution < -0.4 is 0 Å². The van der Waals surface area contributed by atoms with Crippen molar-refractivity contribution in [3.8, 4) is 0 Å². The molecule has 0 spiro atoms. The summed E-state index contributed by atoms with van der Waals surface area (Å²) in [5.74, 6) is 5.59. The number of halogens is 2. The fraction of sp³-hybridized carbons (Fsp3) is 0.727. The van der Waals surface area contributed by atoms with Crippen LogP contribution in [0.5, 0.6) is 0 Å². The van der Waals surface area contributed by atoms with Crippen LogP contribution in [0.1, 0.15) is 76.2 Å². The fourth-order valence-corrected chi connectivity index (χ4v) is 3.68. The van der Waals surface area contributed by atoms with Gasteiger partial charge in [-0.1, -0.05) is 45.8 Å². The van der Waals surface area contributed by atoms with Crippen molar-refractivity contribution in [2.75, 3.05) is 0 Å². The Bertz CT molecular complexity index is 363. The zero-order valence-corrected chi connectivity index (χ0v) is 22.3. The van der Waals surface area contributed by atoms with Gasteiger partial charge in [0.15, 0.2) is 0 Å². The molecular formula is C22H40Cl2Zr. The Kier molecular flexibility index (Phi) is 15.8. The zero-order valence-electron chi connectivity index (χ0n) is 18.3. The third-order valence-corrected chi connectivity index (χ3v) is 6.85. The second-order valence-corrected chi connectivity index (χ2v) is 11.2. The summed E-state index contributed by atoms with van der Waals surface area (Å²) in [5, 5.41) is 0. The van der Waals surface area contributed by atoms with Crippen molar-refractivity contribution in [2.24, 2.45) is 29.6 Å². The molecule has 0 aromatic heterocycles. The second-order valence-electron chi connectivity index (χ2n) is 7.43. The molecule has 0 nitrogen and oxygen atoms in total. The maximum atomic E-state index is 4.93. The van der Waals surface area contributed by atoms with Gasteiger partial charge in [-0.25, -0.2) is 0 Å². The molecule has 0 fully saturated rings. The van der Waals surface area contributed by atoms with Crippen molar-refractivity contribution >= 4 is 17.0 Å². The van der Waals surface area contributed by atoms with Gasteiger partial charge < -0.3 is 12.8 Å². The van der Waals surface area contributed by atoms with E-state index in [4.69, 9.17) is 17.0 Å². The number of hydrogen-bond acceptors (Lipinski definition) is 0. The summed E-state index contributed by atoms with van der Waals surface area (Å²) >= 11 is -0.826. The molecule has 0 aliphatic heterocycles. The molecule has 0 saturated heterocycles. The van der Waals surface area contributed by atoms with E-state index >= 15 is 0 Å². The predicted octanol–water partition coefficient (Wildman–Crippen LogP) is 8.66. The average molecular weight is 467 g/mol. The standard InChI is InChI=1S/C10H18.C10H17.C2H5.2ClH.Zr/c2*1-6-7(2)9(4)10(5)8(6)3;1-2;;;/h6-8H,1-5H3;6,9H,1-5H3;1H2,2H3;2*1H;/q;2*-1;;;+4/p-2/t6?,7-,8+;6-,9+;;;;. The molecule has 0 N–H and O–H groups in total. The number of hydrogen-bond donors (Lipinski definition) is 0. The van der Waals surface area contributed by atoms with Crippen LogP contribution in [-0.2, 0) is 20.8 Å². The third-order valence-electron chi connectivity index (χ3n) is 6.85. The van der Waals surface area contributed by atoms with E-state index in [1.54, 1.807) is 35.1 Å². The topological polar surface area (TPSA) is 0 Å².